The first-order valence-corrected chi connectivity index (χ1v) is 16.4. The van der Waals surface area contributed by atoms with Crippen LogP contribution in [-0.2, 0) is 26.2 Å². The molecule has 0 unspecified atom stereocenters. The van der Waals surface area contributed by atoms with Crippen molar-refractivity contribution in [3.05, 3.63) is 94.5 Å². The lowest BCUT2D eigenvalue weighted by Gasteiger charge is -2.34. The molecule has 4 rings (SSSR count). The number of amides is 2. The van der Waals surface area contributed by atoms with Crippen LogP contribution in [0.3, 0.4) is 0 Å². The van der Waals surface area contributed by atoms with E-state index >= 15 is 0 Å². The molecule has 0 spiro atoms. The van der Waals surface area contributed by atoms with Crippen molar-refractivity contribution in [3.8, 4) is 0 Å². The molecular formula is C33H40ClN3O4S. The van der Waals surface area contributed by atoms with Crippen LogP contribution in [-0.4, -0.2) is 43.8 Å². The SMILES string of the molecule is CC[C@H](C(=O)NC1CCCCC1)N(Cc1ccc(C)cc1)C(=O)CN(c1ccc(Cl)cc1)S(=O)(=O)c1ccc(C)cc1. The largest absolute Gasteiger partial charge is 0.352 e. The highest BCUT2D eigenvalue weighted by Gasteiger charge is 2.34. The monoisotopic (exact) mass is 609 g/mol. The molecule has 3 aromatic rings. The summed E-state index contributed by atoms with van der Waals surface area (Å²) in [6.07, 6.45) is 5.54. The minimum absolute atomic E-state index is 0.0722. The molecule has 1 atom stereocenters. The van der Waals surface area contributed by atoms with Crippen molar-refractivity contribution in [2.75, 3.05) is 10.8 Å². The fraction of sp³-hybridized carbons (Fsp3) is 0.394. The van der Waals surface area contributed by atoms with Gasteiger partial charge in [-0.15, -0.1) is 0 Å². The number of benzene rings is 3. The zero-order valence-electron chi connectivity index (χ0n) is 24.6. The van der Waals surface area contributed by atoms with E-state index in [1.807, 2.05) is 45.0 Å². The van der Waals surface area contributed by atoms with Gasteiger partial charge in [-0.2, -0.15) is 0 Å². The van der Waals surface area contributed by atoms with Gasteiger partial charge in [-0.1, -0.05) is 85.3 Å². The maximum Gasteiger partial charge on any atom is 0.264 e. The lowest BCUT2D eigenvalue weighted by atomic mass is 9.95. The molecule has 1 saturated carbocycles. The summed E-state index contributed by atoms with van der Waals surface area (Å²) in [4.78, 5) is 29.4. The van der Waals surface area contributed by atoms with Gasteiger partial charge in [0.1, 0.15) is 12.6 Å². The van der Waals surface area contributed by atoms with Crippen molar-refractivity contribution < 1.29 is 18.0 Å². The number of carbonyl (C=O) groups is 2. The fourth-order valence-corrected chi connectivity index (χ4v) is 6.87. The molecular weight excluding hydrogens is 570 g/mol. The van der Waals surface area contributed by atoms with Gasteiger partial charge in [0.05, 0.1) is 10.6 Å². The Labute approximate surface area is 254 Å². The number of nitrogens with zero attached hydrogens (tertiary/aromatic N) is 2. The highest BCUT2D eigenvalue weighted by molar-refractivity contribution is 7.92. The van der Waals surface area contributed by atoms with Crippen LogP contribution < -0.4 is 9.62 Å². The van der Waals surface area contributed by atoms with Crippen LogP contribution in [0.5, 0.6) is 0 Å². The maximum absolute atomic E-state index is 14.2. The van der Waals surface area contributed by atoms with E-state index in [0.29, 0.717) is 17.1 Å². The van der Waals surface area contributed by atoms with Gasteiger partial charge in [0.2, 0.25) is 11.8 Å². The van der Waals surface area contributed by atoms with Crippen molar-refractivity contribution in [1.82, 2.24) is 10.2 Å². The summed E-state index contributed by atoms with van der Waals surface area (Å²) in [5, 5.41) is 3.62. The number of sulfonamides is 1. The summed E-state index contributed by atoms with van der Waals surface area (Å²) >= 11 is 6.11. The molecule has 1 aliphatic rings. The van der Waals surface area contributed by atoms with Gasteiger partial charge in [0.25, 0.3) is 10.0 Å². The van der Waals surface area contributed by atoms with Crippen molar-refractivity contribution in [2.45, 2.75) is 82.8 Å². The number of carbonyl (C=O) groups excluding carboxylic acids is 2. The Morgan fingerprint density at radius 2 is 1.45 bits per heavy atom. The Bertz CT molecular complexity index is 1450. The van der Waals surface area contributed by atoms with E-state index in [9.17, 15) is 18.0 Å². The maximum atomic E-state index is 14.2. The van der Waals surface area contributed by atoms with E-state index in [1.54, 1.807) is 36.4 Å². The van der Waals surface area contributed by atoms with Gasteiger partial charge in [0.15, 0.2) is 0 Å². The number of anilines is 1. The van der Waals surface area contributed by atoms with Gasteiger partial charge >= 0.3 is 0 Å². The summed E-state index contributed by atoms with van der Waals surface area (Å²) in [6, 6.07) is 20.0. The summed E-state index contributed by atoms with van der Waals surface area (Å²) in [5.41, 5.74) is 3.17. The van der Waals surface area contributed by atoms with Crippen LogP contribution >= 0.6 is 11.6 Å². The highest BCUT2D eigenvalue weighted by atomic mass is 35.5. The Kier molecular flexibility index (Phi) is 10.7. The zero-order chi connectivity index (χ0) is 30.3. The van der Waals surface area contributed by atoms with E-state index in [2.05, 4.69) is 5.32 Å². The third kappa shape index (κ3) is 7.92. The second-order valence-corrected chi connectivity index (χ2v) is 13.4. The summed E-state index contributed by atoms with van der Waals surface area (Å²) in [6.45, 7) is 5.44. The molecule has 0 aliphatic heterocycles. The third-order valence-corrected chi connectivity index (χ3v) is 9.85. The van der Waals surface area contributed by atoms with E-state index in [0.717, 1.165) is 53.1 Å². The smallest absolute Gasteiger partial charge is 0.264 e. The average Bonchev–Trinajstić information content (AvgIpc) is 2.98. The lowest BCUT2D eigenvalue weighted by Crippen LogP contribution is -2.54. The molecule has 3 aromatic carbocycles. The minimum atomic E-state index is -4.12. The fourth-order valence-electron chi connectivity index (χ4n) is 5.33. The number of rotatable bonds is 11. The molecule has 0 saturated heterocycles. The summed E-state index contributed by atoms with van der Waals surface area (Å²) in [7, 11) is -4.12. The number of hydrogen-bond acceptors (Lipinski definition) is 4. The van der Waals surface area contributed by atoms with E-state index in [-0.39, 0.29) is 23.4 Å². The molecule has 0 bridgehead atoms. The molecule has 1 fully saturated rings. The highest BCUT2D eigenvalue weighted by Crippen LogP contribution is 2.27. The second-order valence-electron chi connectivity index (χ2n) is 11.1. The van der Waals surface area contributed by atoms with Gasteiger partial charge in [-0.3, -0.25) is 13.9 Å². The Hall–Kier alpha value is -3.36. The number of aryl methyl sites for hydroxylation is 2. The average molecular weight is 610 g/mol. The summed E-state index contributed by atoms with van der Waals surface area (Å²) in [5.74, 6) is -0.670. The van der Waals surface area contributed by atoms with Crippen LogP contribution in [0.25, 0.3) is 0 Å². The van der Waals surface area contributed by atoms with Crippen LogP contribution in [0.4, 0.5) is 5.69 Å². The molecule has 42 heavy (non-hydrogen) atoms. The van der Waals surface area contributed by atoms with E-state index in [4.69, 9.17) is 11.6 Å². The quantitative estimate of drug-likeness (QED) is 0.272. The van der Waals surface area contributed by atoms with Gasteiger partial charge in [-0.05, 0) is 75.1 Å². The first-order chi connectivity index (χ1) is 20.1. The topological polar surface area (TPSA) is 86.8 Å². The number of nitrogens with one attached hydrogen (secondary N) is 1. The number of halogens is 1. The molecule has 9 heteroatoms. The van der Waals surface area contributed by atoms with Gasteiger partial charge < -0.3 is 10.2 Å². The normalized spacial score (nSPS) is 14.7. The Balaban J connectivity index is 1.69. The molecule has 224 valence electrons. The molecule has 2 amide bonds. The van der Waals surface area contributed by atoms with Crippen molar-refractivity contribution in [2.24, 2.45) is 0 Å². The zero-order valence-corrected chi connectivity index (χ0v) is 26.1. The molecule has 0 heterocycles. The van der Waals surface area contributed by atoms with Crippen LogP contribution in [0.2, 0.25) is 5.02 Å². The lowest BCUT2D eigenvalue weighted by molar-refractivity contribution is -0.140. The molecule has 0 radical (unpaired) electrons. The van der Waals surface area contributed by atoms with E-state index in [1.165, 1.54) is 17.0 Å². The minimum Gasteiger partial charge on any atom is -0.352 e. The van der Waals surface area contributed by atoms with Crippen LogP contribution in [0.15, 0.2) is 77.7 Å². The van der Waals surface area contributed by atoms with Gasteiger partial charge in [-0.25, -0.2) is 8.42 Å². The molecule has 1 N–H and O–H groups in total. The first kappa shape index (κ1) is 31.6. The predicted octanol–water partition coefficient (Wildman–Crippen LogP) is 6.41. The van der Waals surface area contributed by atoms with Crippen molar-refractivity contribution in [1.29, 1.82) is 0 Å². The predicted molar refractivity (Wildman–Crippen MR) is 168 cm³/mol. The molecule has 7 nitrogen and oxygen atoms in total. The molecule has 0 aromatic heterocycles. The third-order valence-electron chi connectivity index (χ3n) is 7.81. The van der Waals surface area contributed by atoms with E-state index < -0.39 is 28.5 Å². The Morgan fingerprint density at radius 3 is 2.02 bits per heavy atom. The second kappa shape index (κ2) is 14.2. The van der Waals surface area contributed by atoms with Crippen LogP contribution in [0.1, 0.15) is 62.1 Å². The number of hydrogen-bond donors (Lipinski definition) is 1. The van der Waals surface area contributed by atoms with Crippen molar-refractivity contribution >= 4 is 39.1 Å². The first-order valence-electron chi connectivity index (χ1n) is 14.6. The summed E-state index contributed by atoms with van der Waals surface area (Å²) < 4.78 is 29.0. The standard InChI is InChI=1S/C33H40ClN3O4S/c1-4-31(33(39)35-28-8-6-5-7-9-28)36(22-26-14-10-24(2)11-15-26)32(38)23-37(29-18-16-27(34)17-19-29)42(40,41)30-20-12-25(3)13-21-30/h10-21,28,31H,4-9,22-23H2,1-3H3,(H,35,39)/t31-/m1/s1. The van der Waals surface area contributed by atoms with Crippen molar-refractivity contribution in [3.63, 3.8) is 0 Å². The van der Waals surface area contributed by atoms with Crippen LogP contribution in [0, 0.1) is 13.8 Å². The Morgan fingerprint density at radius 1 is 0.881 bits per heavy atom. The van der Waals surface area contributed by atoms with Gasteiger partial charge in [0, 0.05) is 17.6 Å². The molecule has 1 aliphatic carbocycles.